The van der Waals surface area contributed by atoms with Gasteiger partial charge in [0.1, 0.15) is 0 Å². The van der Waals surface area contributed by atoms with Crippen LogP contribution in [0.1, 0.15) is 21.1 Å². The highest BCUT2D eigenvalue weighted by Gasteiger charge is 2.11. The fraction of sp³-hybridized carbons (Fsp3) is 0.167. The smallest absolute Gasteiger partial charge is 0.287 e. The molecule has 2 N–H and O–H groups in total. The van der Waals surface area contributed by atoms with E-state index < -0.39 is 0 Å². The van der Waals surface area contributed by atoms with E-state index in [4.69, 9.17) is 8.83 Å². The highest BCUT2D eigenvalue weighted by molar-refractivity contribution is 9.10. The quantitative estimate of drug-likeness (QED) is 0.748. The molecule has 6 nitrogen and oxygen atoms in total. The maximum atomic E-state index is 11.6. The summed E-state index contributed by atoms with van der Waals surface area (Å²) in [7, 11) is 0. The molecule has 0 aliphatic heterocycles. The first-order chi connectivity index (χ1) is 9.56. The highest BCUT2D eigenvalue weighted by atomic mass is 79.9. The number of halogens is 2. The van der Waals surface area contributed by atoms with E-state index in [0.29, 0.717) is 9.34 Å². The van der Waals surface area contributed by atoms with Gasteiger partial charge in [-0.2, -0.15) is 0 Å². The lowest BCUT2D eigenvalue weighted by molar-refractivity contribution is 0.0899. The van der Waals surface area contributed by atoms with Crippen molar-refractivity contribution in [2.45, 2.75) is 0 Å². The van der Waals surface area contributed by atoms with E-state index in [1.165, 1.54) is 0 Å². The Hall–Kier alpha value is -1.54. The van der Waals surface area contributed by atoms with Gasteiger partial charge in [0.05, 0.1) is 0 Å². The third-order valence-corrected chi connectivity index (χ3v) is 3.14. The molecule has 0 fully saturated rings. The molecule has 0 spiro atoms. The molecule has 2 amide bonds. The summed E-state index contributed by atoms with van der Waals surface area (Å²) in [6.45, 7) is 0.565. The second-order valence-corrected chi connectivity index (χ2v) is 5.28. The number of rotatable bonds is 5. The van der Waals surface area contributed by atoms with E-state index in [2.05, 4.69) is 42.5 Å². The van der Waals surface area contributed by atoms with Gasteiger partial charge in [-0.15, -0.1) is 0 Å². The molecule has 2 rings (SSSR count). The number of hydrogen-bond donors (Lipinski definition) is 2. The van der Waals surface area contributed by atoms with Crippen LogP contribution in [0.4, 0.5) is 0 Å². The fourth-order valence-electron chi connectivity index (χ4n) is 1.40. The van der Waals surface area contributed by atoms with E-state index >= 15 is 0 Å². The Morgan fingerprint density at radius 3 is 1.55 bits per heavy atom. The monoisotopic (exact) mass is 404 g/mol. The fourth-order valence-corrected chi connectivity index (χ4v) is 2.01. The molecule has 0 aromatic carbocycles. The van der Waals surface area contributed by atoms with E-state index in [1.54, 1.807) is 24.3 Å². The Bertz CT molecular complexity index is 566. The largest absolute Gasteiger partial charge is 0.444 e. The Morgan fingerprint density at radius 1 is 0.850 bits per heavy atom. The van der Waals surface area contributed by atoms with Crippen LogP contribution < -0.4 is 10.6 Å². The van der Waals surface area contributed by atoms with Gasteiger partial charge in [-0.05, 0) is 56.1 Å². The van der Waals surface area contributed by atoms with Gasteiger partial charge >= 0.3 is 0 Å². The zero-order valence-electron chi connectivity index (χ0n) is 10.1. The summed E-state index contributed by atoms with van der Waals surface area (Å²) >= 11 is 6.22. The van der Waals surface area contributed by atoms with Crippen LogP contribution >= 0.6 is 31.9 Å². The minimum absolute atomic E-state index is 0.207. The molecule has 0 saturated carbocycles. The van der Waals surface area contributed by atoms with Crippen molar-refractivity contribution < 1.29 is 18.4 Å². The van der Waals surface area contributed by atoms with Gasteiger partial charge < -0.3 is 19.5 Å². The molecule has 2 aromatic rings. The lowest BCUT2D eigenvalue weighted by Gasteiger charge is -2.04. The van der Waals surface area contributed by atoms with Crippen LogP contribution in [0.5, 0.6) is 0 Å². The van der Waals surface area contributed by atoms with Gasteiger partial charge in [0.15, 0.2) is 20.9 Å². The van der Waals surface area contributed by atoms with E-state index in [-0.39, 0.29) is 36.4 Å². The highest BCUT2D eigenvalue weighted by Crippen LogP contribution is 2.14. The molecule has 8 heteroatoms. The number of hydrogen-bond acceptors (Lipinski definition) is 4. The first-order valence-electron chi connectivity index (χ1n) is 5.63. The molecule has 0 radical (unpaired) electrons. The van der Waals surface area contributed by atoms with Gasteiger partial charge in [0, 0.05) is 13.1 Å². The molecule has 0 aliphatic rings. The van der Waals surface area contributed by atoms with Crippen molar-refractivity contribution in [3.63, 3.8) is 0 Å². The SMILES string of the molecule is O=C(NCCNC(=O)c1ccc(Br)o1)c1ccc(Br)o1. The average Bonchev–Trinajstić information content (AvgIpc) is 3.03. The summed E-state index contributed by atoms with van der Waals surface area (Å²) < 4.78 is 11.2. The summed E-state index contributed by atoms with van der Waals surface area (Å²) in [6.07, 6.45) is 0. The lowest BCUT2D eigenvalue weighted by atomic mass is 10.4. The first-order valence-corrected chi connectivity index (χ1v) is 7.22. The van der Waals surface area contributed by atoms with Crippen molar-refractivity contribution in [3.05, 3.63) is 45.1 Å². The third-order valence-electron chi connectivity index (χ3n) is 2.29. The van der Waals surface area contributed by atoms with Crippen molar-refractivity contribution in [1.82, 2.24) is 10.6 Å². The topological polar surface area (TPSA) is 84.5 Å². The molecule has 0 aliphatic carbocycles. The maximum Gasteiger partial charge on any atom is 0.287 e. The summed E-state index contributed by atoms with van der Waals surface area (Å²) in [6, 6.07) is 6.37. The Labute approximate surface area is 131 Å². The van der Waals surface area contributed by atoms with Crippen LogP contribution in [0.2, 0.25) is 0 Å². The van der Waals surface area contributed by atoms with Crippen LogP contribution in [0, 0.1) is 0 Å². The van der Waals surface area contributed by atoms with E-state index in [9.17, 15) is 9.59 Å². The van der Waals surface area contributed by atoms with Gasteiger partial charge in [-0.3, -0.25) is 9.59 Å². The van der Waals surface area contributed by atoms with Crippen molar-refractivity contribution >= 4 is 43.7 Å². The molecule has 0 saturated heterocycles. The predicted octanol–water partition coefficient (Wildman–Crippen LogP) is 2.56. The normalized spacial score (nSPS) is 10.3. The number of amides is 2. The first kappa shape index (κ1) is 14.9. The number of carbonyl (C=O) groups excluding carboxylic acids is 2. The zero-order chi connectivity index (χ0) is 14.5. The van der Waals surface area contributed by atoms with Gasteiger partial charge in [-0.1, -0.05) is 0 Å². The molecular weight excluding hydrogens is 396 g/mol. The number of furan rings is 2. The van der Waals surface area contributed by atoms with Crippen molar-refractivity contribution in [2.75, 3.05) is 13.1 Å². The predicted molar refractivity (Wildman–Crippen MR) is 77.5 cm³/mol. The van der Waals surface area contributed by atoms with Crippen LogP contribution in [-0.4, -0.2) is 24.9 Å². The summed E-state index contributed by atoms with van der Waals surface area (Å²) in [5.74, 6) is -0.271. The van der Waals surface area contributed by atoms with Crippen molar-refractivity contribution in [1.29, 1.82) is 0 Å². The Balaban J connectivity index is 1.71. The van der Waals surface area contributed by atoms with Crippen LogP contribution in [0.25, 0.3) is 0 Å². The van der Waals surface area contributed by atoms with E-state index in [0.717, 1.165) is 0 Å². The summed E-state index contributed by atoms with van der Waals surface area (Å²) in [5.41, 5.74) is 0. The van der Waals surface area contributed by atoms with Crippen LogP contribution in [-0.2, 0) is 0 Å². The molecule has 2 heterocycles. The minimum atomic E-state index is -0.342. The standard InChI is InChI=1S/C12H10Br2N2O4/c13-9-3-1-7(19-9)11(17)15-5-6-16-12(18)8-2-4-10(14)20-8/h1-4H,5-6H2,(H,15,17)(H,16,18). The van der Waals surface area contributed by atoms with Gasteiger partial charge in [0.25, 0.3) is 11.8 Å². The van der Waals surface area contributed by atoms with Gasteiger partial charge in [-0.25, -0.2) is 0 Å². The average molecular weight is 406 g/mol. The molecule has 106 valence electrons. The van der Waals surface area contributed by atoms with Crippen LogP contribution in [0.3, 0.4) is 0 Å². The number of nitrogens with one attached hydrogen (secondary N) is 2. The molecule has 20 heavy (non-hydrogen) atoms. The third kappa shape index (κ3) is 3.97. The molecule has 2 aromatic heterocycles. The molecule has 0 bridgehead atoms. The zero-order valence-corrected chi connectivity index (χ0v) is 13.3. The maximum absolute atomic E-state index is 11.6. The molecule has 0 unspecified atom stereocenters. The Kier molecular flexibility index (Phi) is 5.02. The summed E-state index contributed by atoms with van der Waals surface area (Å²) in [5, 5.41) is 5.23. The van der Waals surface area contributed by atoms with Gasteiger partial charge in [0.2, 0.25) is 0 Å². The van der Waals surface area contributed by atoms with Crippen molar-refractivity contribution in [2.24, 2.45) is 0 Å². The van der Waals surface area contributed by atoms with Crippen LogP contribution in [0.15, 0.2) is 42.4 Å². The molecule has 0 atom stereocenters. The second kappa shape index (κ2) is 6.76. The second-order valence-electron chi connectivity index (χ2n) is 3.72. The molecular formula is C12H10Br2N2O4. The Morgan fingerprint density at radius 2 is 1.25 bits per heavy atom. The number of carbonyl (C=O) groups is 2. The minimum Gasteiger partial charge on any atom is -0.444 e. The lowest BCUT2D eigenvalue weighted by Crippen LogP contribution is -2.34. The van der Waals surface area contributed by atoms with E-state index in [1.807, 2.05) is 0 Å². The summed E-state index contributed by atoms with van der Waals surface area (Å²) in [4.78, 5) is 23.2. The van der Waals surface area contributed by atoms with Crippen molar-refractivity contribution in [3.8, 4) is 0 Å².